The molecule has 0 aliphatic carbocycles. The summed E-state index contributed by atoms with van der Waals surface area (Å²) in [7, 11) is -8.15. The largest absolute Gasteiger partial charge is 0.800 e. The minimum absolute atomic E-state index is 0.288. The van der Waals surface area contributed by atoms with Gasteiger partial charge in [0.25, 0.3) is 5.06 Å². The van der Waals surface area contributed by atoms with Gasteiger partial charge in [-0.3, -0.25) is 0 Å². The zero-order valence-corrected chi connectivity index (χ0v) is 18.9. The summed E-state index contributed by atoms with van der Waals surface area (Å²) in [5, 5.41) is -0.371. The highest BCUT2D eigenvalue weighted by Crippen LogP contribution is 2.80. The fourth-order valence-corrected chi connectivity index (χ4v) is 8.01. The van der Waals surface area contributed by atoms with E-state index in [2.05, 4.69) is 0 Å². The SMILES string of the molecule is CC(C)O[P+]([O-])(OC(C)C)C(=C([S-])[S-])[P+]([O-])(OC(C)C)OC(C)C. The normalized spacial score (nSPS) is 13.4. The van der Waals surface area contributed by atoms with Crippen molar-refractivity contribution in [3.05, 3.63) is 9.29 Å². The molecule has 0 rings (SSSR count). The molecule has 0 radical (unpaired) electrons. The number of rotatable bonds is 10. The first kappa shape index (κ1) is 24.8. The minimum Gasteiger partial charge on any atom is -0.800 e. The smallest absolute Gasteiger partial charge is 0.308 e. The molecule has 0 unspecified atom stereocenters. The van der Waals surface area contributed by atoms with Crippen LogP contribution in [0.5, 0.6) is 0 Å². The average molecular weight is 418 g/mol. The van der Waals surface area contributed by atoms with Gasteiger partial charge in [0.15, 0.2) is 0 Å². The van der Waals surface area contributed by atoms with Crippen molar-refractivity contribution in [3.63, 3.8) is 0 Å². The van der Waals surface area contributed by atoms with E-state index in [0.717, 1.165) is 0 Å². The van der Waals surface area contributed by atoms with Crippen LogP contribution in [0.15, 0.2) is 9.29 Å². The molecule has 144 valence electrons. The summed E-state index contributed by atoms with van der Waals surface area (Å²) in [5.74, 6) is 0. The lowest BCUT2D eigenvalue weighted by atomic mass is 10.5. The predicted molar refractivity (Wildman–Crippen MR) is 100 cm³/mol. The summed E-state index contributed by atoms with van der Waals surface area (Å²) in [5.41, 5.74) is 0. The second-order valence-corrected chi connectivity index (χ2v) is 11.4. The van der Waals surface area contributed by atoms with Crippen LogP contribution in [0.4, 0.5) is 0 Å². The molecule has 0 amide bonds. The van der Waals surface area contributed by atoms with Crippen LogP contribution in [0.1, 0.15) is 55.4 Å². The van der Waals surface area contributed by atoms with Gasteiger partial charge in [-0.15, -0.1) is 0 Å². The third-order valence-corrected chi connectivity index (χ3v) is 8.86. The van der Waals surface area contributed by atoms with E-state index >= 15 is 0 Å². The molecule has 0 saturated heterocycles. The van der Waals surface area contributed by atoms with Crippen molar-refractivity contribution in [1.29, 1.82) is 0 Å². The minimum atomic E-state index is -4.07. The molecule has 24 heavy (non-hydrogen) atoms. The lowest BCUT2D eigenvalue weighted by Crippen LogP contribution is -2.31. The zero-order chi connectivity index (χ0) is 19.3. The van der Waals surface area contributed by atoms with Crippen LogP contribution in [0.2, 0.25) is 0 Å². The van der Waals surface area contributed by atoms with Crippen LogP contribution in [0.3, 0.4) is 0 Å². The summed E-state index contributed by atoms with van der Waals surface area (Å²) in [6.45, 7) is 13.4. The van der Waals surface area contributed by atoms with E-state index in [4.69, 9.17) is 43.4 Å². The molecule has 0 bridgehead atoms. The fraction of sp³-hybridized carbons (Fsp3) is 0.857. The van der Waals surface area contributed by atoms with Crippen molar-refractivity contribution in [2.45, 2.75) is 79.8 Å². The van der Waals surface area contributed by atoms with Crippen molar-refractivity contribution in [2.75, 3.05) is 0 Å². The molecule has 0 fully saturated rings. The first-order valence-corrected chi connectivity index (χ1v) is 11.7. The average Bonchev–Trinajstić information content (AvgIpc) is 2.20. The molecular formula is C14H28O6P2S2-2. The molecule has 0 spiro atoms. The molecule has 0 aromatic rings. The standard InChI is InChI=1S/C14H30O6P2S2/c1-9(2)17-21(15,18-10(3)4)13(14(23)24)22(16,19-11(5)6)20-12(7)8/h9-12,23-24H,1-8H3/p-2. The highest BCUT2D eigenvalue weighted by molar-refractivity contribution is 7.91. The molecule has 0 aliphatic heterocycles. The first-order valence-electron chi connectivity index (χ1n) is 7.76. The second-order valence-electron chi connectivity index (χ2n) is 6.22. The molecule has 10 heteroatoms. The van der Waals surface area contributed by atoms with Crippen LogP contribution in [-0.2, 0) is 43.4 Å². The van der Waals surface area contributed by atoms with Gasteiger partial charge in [-0.05, 0) is 55.4 Å². The summed E-state index contributed by atoms with van der Waals surface area (Å²) in [6.07, 6.45) is -1.89. The molecule has 0 aromatic carbocycles. The lowest BCUT2D eigenvalue weighted by molar-refractivity contribution is -0.230. The molecule has 0 aliphatic rings. The van der Waals surface area contributed by atoms with Crippen LogP contribution < -0.4 is 9.79 Å². The van der Waals surface area contributed by atoms with E-state index in [1.807, 2.05) is 0 Å². The van der Waals surface area contributed by atoms with Crippen molar-refractivity contribution in [3.8, 4) is 0 Å². The van der Waals surface area contributed by atoms with Gasteiger partial charge < -0.3 is 35.0 Å². The molecule has 6 nitrogen and oxygen atoms in total. The molecule has 0 aromatic heterocycles. The van der Waals surface area contributed by atoms with Gasteiger partial charge in [0.2, 0.25) is 0 Å². The van der Waals surface area contributed by atoms with Gasteiger partial charge in [-0.1, -0.05) is 0 Å². The van der Waals surface area contributed by atoms with Crippen molar-refractivity contribution >= 4 is 41.1 Å². The van der Waals surface area contributed by atoms with Crippen LogP contribution in [0, 0.1) is 0 Å². The van der Waals surface area contributed by atoms with Crippen LogP contribution in [-0.4, -0.2) is 24.4 Å². The Labute approximate surface area is 158 Å². The monoisotopic (exact) mass is 418 g/mol. The summed E-state index contributed by atoms with van der Waals surface area (Å²) in [4.78, 5) is 26.8. The van der Waals surface area contributed by atoms with E-state index < -0.39 is 40.3 Å². The van der Waals surface area contributed by atoms with Gasteiger partial charge in [0.05, 0.1) is 24.4 Å². The predicted octanol–water partition coefficient (Wildman–Crippen LogP) is 3.15. The molecule has 0 saturated carbocycles. The maximum absolute atomic E-state index is 13.4. The van der Waals surface area contributed by atoms with Gasteiger partial charge in [-0.2, -0.15) is 18.1 Å². The topological polar surface area (TPSA) is 83.0 Å². The summed E-state index contributed by atoms with van der Waals surface area (Å²) >= 11 is 10.1. The van der Waals surface area contributed by atoms with Crippen LogP contribution >= 0.6 is 15.9 Å². The Hall–Kier alpha value is 0.800. The first-order chi connectivity index (χ1) is 10.7. The Kier molecular flexibility index (Phi) is 10.6. The Morgan fingerprint density at radius 3 is 0.958 bits per heavy atom. The van der Waals surface area contributed by atoms with E-state index in [9.17, 15) is 9.79 Å². The Morgan fingerprint density at radius 2 is 0.833 bits per heavy atom. The third kappa shape index (κ3) is 8.00. The van der Waals surface area contributed by atoms with Gasteiger partial charge in [0.1, 0.15) is 0 Å². The zero-order valence-electron chi connectivity index (χ0n) is 15.5. The van der Waals surface area contributed by atoms with Crippen molar-refractivity contribution in [2.24, 2.45) is 0 Å². The highest BCUT2D eigenvalue weighted by atomic mass is 32.2. The molecule has 0 N–H and O–H groups in total. The summed E-state index contributed by atoms with van der Waals surface area (Å²) < 4.78 is 21.7. The van der Waals surface area contributed by atoms with Gasteiger partial charge in [0, 0.05) is 0 Å². The third-order valence-electron chi connectivity index (χ3n) is 2.10. The van der Waals surface area contributed by atoms with Crippen LogP contribution in [0.25, 0.3) is 0 Å². The number of hydrogen-bond acceptors (Lipinski definition) is 8. The lowest BCUT2D eigenvalue weighted by Gasteiger charge is -2.41. The molecular weight excluding hydrogens is 390 g/mol. The highest BCUT2D eigenvalue weighted by Gasteiger charge is 2.55. The van der Waals surface area contributed by atoms with Crippen molar-refractivity contribution in [1.82, 2.24) is 0 Å². The Balaban J connectivity index is 6.21. The maximum atomic E-state index is 13.4. The second kappa shape index (κ2) is 10.2. The van der Waals surface area contributed by atoms with Gasteiger partial charge >= 0.3 is 15.9 Å². The van der Waals surface area contributed by atoms with E-state index in [1.165, 1.54) is 0 Å². The molecule has 0 atom stereocenters. The van der Waals surface area contributed by atoms with Crippen molar-refractivity contribution < 1.29 is 27.9 Å². The van der Waals surface area contributed by atoms with Gasteiger partial charge in [-0.25, -0.2) is 4.24 Å². The Morgan fingerprint density at radius 1 is 0.625 bits per heavy atom. The number of hydrogen-bond donors (Lipinski definition) is 0. The quantitative estimate of drug-likeness (QED) is 0.395. The van der Waals surface area contributed by atoms with E-state index in [1.54, 1.807) is 55.4 Å². The van der Waals surface area contributed by atoms with E-state index in [-0.39, 0.29) is 9.29 Å². The Bertz CT molecular complexity index is 373. The van der Waals surface area contributed by atoms with E-state index in [0.29, 0.717) is 0 Å². The summed E-state index contributed by atoms with van der Waals surface area (Å²) in [6, 6.07) is 0. The maximum Gasteiger partial charge on any atom is 0.308 e. The molecule has 0 heterocycles. The fourth-order valence-electron chi connectivity index (χ4n) is 1.73.